The van der Waals surface area contributed by atoms with Gasteiger partial charge < -0.3 is 14.2 Å². The quantitative estimate of drug-likeness (QED) is 0.511. The second-order valence-electron chi connectivity index (χ2n) is 2.93. The van der Waals surface area contributed by atoms with Gasteiger partial charge in [0.25, 0.3) is 0 Å². The van der Waals surface area contributed by atoms with Gasteiger partial charge in [-0.1, -0.05) is 0 Å². The van der Waals surface area contributed by atoms with Gasteiger partial charge in [-0.25, -0.2) is 4.98 Å². The van der Waals surface area contributed by atoms with Crippen LogP contribution in [0.3, 0.4) is 0 Å². The molecule has 0 amide bonds. The fraction of sp³-hybridized carbons (Fsp3) is 0.600. The van der Waals surface area contributed by atoms with Gasteiger partial charge in [-0.3, -0.25) is 4.98 Å². The van der Waals surface area contributed by atoms with Crippen molar-refractivity contribution in [2.45, 2.75) is 5.88 Å². The number of methoxy groups -OCH3 is 1. The van der Waals surface area contributed by atoms with Crippen molar-refractivity contribution in [1.29, 1.82) is 0 Å². The maximum atomic E-state index is 5.58. The molecule has 0 fully saturated rings. The lowest BCUT2D eigenvalue weighted by Gasteiger charge is -2.05. The van der Waals surface area contributed by atoms with Gasteiger partial charge in [0.2, 0.25) is 5.88 Å². The van der Waals surface area contributed by atoms with Crippen molar-refractivity contribution in [3.8, 4) is 5.88 Å². The van der Waals surface area contributed by atoms with Crippen LogP contribution in [0.5, 0.6) is 5.88 Å². The molecule has 0 saturated carbocycles. The first-order chi connectivity index (χ1) is 7.86. The van der Waals surface area contributed by atoms with E-state index in [4.69, 9.17) is 25.8 Å². The Hall–Kier alpha value is -0.910. The first kappa shape index (κ1) is 13.2. The van der Waals surface area contributed by atoms with Crippen LogP contribution in [-0.4, -0.2) is 43.5 Å². The Labute approximate surface area is 99.7 Å². The molecule has 1 rings (SSSR count). The van der Waals surface area contributed by atoms with Crippen LogP contribution < -0.4 is 4.74 Å². The number of aromatic nitrogens is 2. The summed E-state index contributed by atoms with van der Waals surface area (Å²) >= 11 is 5.58. The van der Waals surface area contributed by atoms with Crippen molar-refractivity contribution in [3.63, 3.8) is 0 Å². The number of nitrogens with zero attached hydrogens (tertiary/aromatic N) is 2. The molecule has 1 aromatic rings. The average Bonchev–Trinajstić information content (AvgIpc) is 2.34. The molecule has 0 aliphatic heterocycles. The van der Waals surface area contributed by atoms with E-state index in [1.54, 1.807) is 19.5 Å². The minimum absolute atomic E-state index is 0.355. The molecule has 6 heteroatoms. The van der Waals surface area contributed by atoms with Gasteiger partial charge in [0.15, 0.2) is 0 Å². The third kappa shape index (κ3) is 5.25. The fourth-order valence-corrected chi connectivity index (χ4v) is 1.07. The van der Waals surface area contributed by atoms with Gasteiger partial charge in [-0.2, -0.15) is 0 Å². The van der Waals surface area contributed by atoms with Crippen LogP contribution in [-0.2, 0) is 15.4 Å². The summed E-state index contributed by atoms with van der Waals surface area (Å²) in [5, 5.41) is 0. The maximum Gasteiger partial charge on any atom is 0.232 e. The molecule has 0 atom stereocenters. The molecule has 0 bridgehead atoms. The normalized spacial score (nSPS) is 10.4. The highest BCUT2D eigenvalue weighted by molar-refractivity contribution is 6.16. The smallest absolute Gasteiger partial charge is 0.232 e. The van der Waals surface area contributed by atoms with Crippen LogP contribution in [0.25, 0.3) is 0 Å². The summed E-state index contributed by atoms with van der Waals surface area (Å²) in [4.78, 5) is 8.08. The van der Waals surface area contributed by atoms with E-state index >= 15 is 0 Å². The molecule has 5 nitrogen and oxygen atoms in total. The highest BCUT2D eigenvalue weighted by Gasteiger charge is 1.97. The molecule has 0 aromatic carbocycles. The average molecular weight is 247 g/mol. The summed E-state index contributed by atoms with van der Waals surface area (Å²) in [6.07, 6.45) is 3.14. The Balaban J connectivity index is 2.12. The number of halogens is 1. The molecular weight excluding hydrogens is 232 g/mol. The first-order valence-corrected chi connectivity index (χ1v) is 5.46. The topological polar surface area (TPSA) is 53.5 Å². The highest BCUT2D eigenvalue weighted by Crippen LogP contribution is 2.05. The zero-order valence-electron chi connectivity index (χ0n) is 9.19. The standard InChI is InChI=1S/C10H15ClN2O3/c1-14-2-3-15-4-5-16-10-8-12-9(6-11)7-13-10/h7-8H,2-6H2,1H3. The monoisotopic (exact) mass is 246 g/mol. The van der Waals surface area contributed by atoms with E-state index in [0.717, 1.165) is 5.69 Å². The van der Waals surface area contributed by atoms with Crippen molar-refractivity contribution < 1.29 is 14.2 Å². The molecule has 1 heterocycles. The van der Waals surface area contributed by atoms with E-state index in [9.17, 15) is 0 Å². The summed E-state index contributed by atoms with van der Waals surface area (Å²) in [5.74, 6) is 0.831. The van der Waals surface area contributed by atoms with Gasteiger partial charge in [0.05, 0.1) is 43.8 Å². The van der Waals surface area contributed by atoms with Crippen molar-refractivity contribution in [3.05, 3.63) is 18.1 Å². The number of rotatable bonds is 8. The highest BCUT2D eigenvalue weighted by atomic mass is 35.5. The number of hydrogen-bond acceptors (Lipinski definition) is 5. The zero-order valence-corrected chi connectivity index (χ0v) is 9.94. The van der Waals surface area contributed by atoms with E-state index in [0.29, 0.717) is 38.2 Å². The minimum atomic E-state index is 0.355. The third-order valence-electron chi connectivity index (χ3n) is 1.73. The van der Waals surface area contributed by atoms with Gasteiger partial charge >= 0.3 is 0 Å². The Morgan fingerprint density at radius 2 is 1.94 bits per heavy atom. The summed E-state index contributed by atoms with van der Waals surface area (Å²) in [6, 6.07) is 0. The Morgan fingerprint density at radius 1 is 1.12 bits per heavy atom. The van der Waals surface area contributed by atoms with Crippen LogP contribution >= 0.6 is 11.6 Å². The Kier molecular flexibility index (Phi) is 6.80. The van der Waals surface area contributed by atoms with Crippen LogP contribution in [0.2, 0.25) is 0 Å². The van der Waals surface area contributed by atoms with Crippen LogP contribution in [0.1, 0.15) is 5.69 Å². The van der Waals surface area contributed by atoms with Crippen molar-refractivity contribution in [2.24, 2.45) is 0 Å². The van der Waals surface area contributed by atoms with Crippen LogP contribution in [0.15, 0.2) is 12.4 Å². The first-order valence-electron chi connectivity index (χ1n) is 4.93. The third-order valence-corrected chi connectivity index (χ3v) is 2.00. The molecule has 0 saturated heterocycles. The van der Waals surface area contributed by atoms with Gasteiger partial charge in [-0.15, -0.1) is 11.6 Å². The van der Waals surface area contributed by atoms with E-state index < -0.39 is 0 Å². The molecule has 90 valence electrons. The molecule has 1 aromatic heterocycles. The molecule has 0 radical (unpaired) electrons. The van der Waals surface area contributed by atoms with Gasteiger partial charge in [0.1, 0.15) is 6.61 Å². The van der Waals surface area contributed by atoms with Crippen LogP contribution in [0, 0.1) is 0 Å². The summed E-state index contributed by atoms with van der Waals surface area (Å²) in [5.41, 5.74) is 0.727. The number of hydrogen-bond donors (Lipinski definition) is 0. The number of alkyl halides is 1. The molecule has 0 spiro atoms. The molecule has 0 N–H and O–H groups in total. The van der Waals surface area contributed by atoms with Gasteiger partial charge in [0, 0.05) is 7.11 Å². The summed E-state index contributed by atoms with van der Waals surface area (Å²) in [7, 11) is 1.63. The second kappa shape index (κ2) is 8.27. The lowest BCUT2D eigenvalue weighted by molar-refractivity contribution is 0.0536. The largest absolute Gasteiger partial charge is 0.474 e. The van der Waals surface area contributed by atoms with E-state index in [1.165, 1.54) is 0 Å². The number of ether oxygens (including phenoxy) is 3. The van der Waals surface area contributed by atoms with Crippen molar-refractivity contribution in [1.82, 2.24) is 9.97 Å². The maximum absolute atomic E-state index is 5.58. The van der Waals surface area contributed by atoms with Crippen molar-refractivity contribution >= 4 is 11.6 Å². The fourth-order valence-electron chi connectivity index (χ4n) is 0.936. The van der Waals surface area contributed by atoms with Gasteiger partial charge in [-0.05, 0) is 0 Å². The molecule has 0 aliphatic carbocycles. The molecule has 0 unspecified atom stereocenters. The van der Waals surface area contributed by atoms with E-state index in [-0.39, 0.29) is 0 Å². The molecular formula is C10H15ClN2O3. The zero-order chi connectivity index (χ0) is 11.6. The van der Waals surface area contributed by atoms with Crippen molar-refractivity contribution in [2.75, 3.05) is 33.5 Å². The van der Waals surface area contributed by atoms with Crippen LogP contribution in [0.4, 0.5) is 0 Å². The SMILES string of the molecule is COCCOCCOc1cnc(CCl)cn1. The summed E-state index contributed by atoms with van der Waals surface area (Å²) in [6.45, 7) is 2.10. The lowest BCUT2D eigenvalue weighted by Crippen LogP contribution is -2.10. The minimum Gasteiger partial charge on any atom is -0.474 e. The second-order valence-corrected chi connectivity index (χ2v) is 3.20. The predicted octanol–water partition coefficient (Wildman–Crippen LogP) is 1.26. The lowest BCUT2D eigenvalue weighted by atomic mass is 10.5. The predicted molar refractivity (Wildman–Crippen MR) is 59.8 cm³/mol. The van der Waals surface area contributed by atoms with E-state index in [1.807, 2.05) is 0 Å². The molecule has 16 heavy (non-hydrogen) atoms. The van der Waals surface area contributed by atoms with E-state index in [2.05, 4.69) is 9.97 Å². The summed E-state index contributed by atoms with van der Waals surface area (Å²) < 4.78 is 15.4. The molecule has 0 aliphatic rings. The Bertz CT molecular complexity index is 282. The Morgan fingerprint density at radius 3 is 2.56 bits per heavy atom.